The first-order valence-electron chi connectivity index (χ1n) is 8.56. The fourth-order valence-corrected chi connectivity index (χ4v) is 3.03. The van der Waals surface area contributed by atoms with Crippen LogP contribution >= 0.6 is 0 Å². The lowest BCUT2D eigenvalue weighted by atomic mass is 10.1. The van der Waals surface area contributed by atoms with E-state index in [1.807, 2.05) is 35.0 Å². The van der Waals surface area contributed by atoms with E-state index in [9.17, 15) is 0 Å². The van der Waals surface area contributed by atoms with Gasteiger partial charge in [-0.2, -0.15) is 0 Å². The zero-order valence-corrected chi connectivity index (χ0v) is 14.3. The maximum Gasteiger partial charge on any atom is 0.228 e. The van der Waals surface area contributed by atoms with Crippen molar-refractivity contribution in [2.75, 3.05) is 5.32 Å². The van der Waals surface area contributed by atoms with Crippen LogP contribution in [0.5, 0.6) is 0 Å². The van der Waals surface area contributed by atoms with Crippen LogP contribution in [0, 0.1) is 0 Å². The second-order valence-corrected chi connectivity index (χ2v) is 6.14. The molecule has 27 heavy (non-hydrogen) atoms. The second kappa shape index (κ2) is 6.45. The van der Waals surface area contributed by atoms with Crippen LogP contribution in [-0.2, 0) is 6.42 Å². The van der Waals surface area contributed by atoms with E-state index in [1.54, 1.807) is 24.7 Å². The fourth-order valence-electron chi connectivity index (χ4n) is 3.03. The van der Waals surface area contributed by atoms with E-state index in [-0.39, 0.29) is 0 Å². The average molecular weight is 353 g/mol. The van der Waals surface area contributed by atoms with Crippen LogP contribution in [0.25, 0.3) is 16.6 Å². The normalized spacial score (nSPS) is 11.1. The second-order valence-electron chi connectivity index (χ2n) is 6.14. The van der Waals surface area contributed by atoms with Gasteiger partial charge in [0.25, 0.3) is 0 Å². The number of pyridine rings is 1. The van der Waals surface area contributed by atoms with Crippen LogP contribution < -0.4 is 5.32 Å². The van der Waals surface area contributed by atoms with Gasteiger partial charge in [-0.1, -0.05) is 12.1 Å². The lowest BCUT2D eigenvalue weighted by Crippen LogP contribution is -2.04. The molecule has 0 bridgehead atoms. The average Bonchev–Trinajstić information content (AvgIpc) is 3.11. The van der Waals surface area contributed by atoms with Crippen molar-refractivity contribution in [3.05, 3.63) is 84.6 Å². The number of hydrogen-bond acceptors (Lipinski definition) is 6. The lowest BCUT2D eigenvalue weighted by Gasteiger charge is -2.06. The number of fused-ring (bicyclic) bond motifs is 2. The van der Waals surface area contributed by atoms with Gasteiger partial charge in [-0.25, -0.2) is 19.5 Å². The molecule has 0 atom stereocenters. The summed E-state index contributed by atoms with van der Waals surface area (Å²) >= 11 is 0. The Bertz CT molecular complexity index is 1230. The number of nitrogens with zero attached hydrogens (tertiary/aromatic N) is 6. The molecule has 4 heterocycles. The Balaban J connectivity index is 1.48. The number of rotatable bonds is 4. The number of nitrogens with one attached hydrogen (secondary N) is 1. The molecule has 130 valence electrons. The number of benzene rings is 1. The Labute approximate surface area is 154 Å². The molecule has 7 heteroatoms. The number of anilines is 2. The van der Waals surface area contributed by atoms with E-state index in [1.165, 1.54) is 5.56 Å². The highest BCUT2D eigenvalue weighted by Crippen LogP contribution is 2.18. The molecule has 0 amide bonds. The zero-order chi connectivity index (χ0) is 18.1. The van der Waals surface area contributed by atoms with Crippen LogP contribution in [0.3, 0.4) is 0 Å². The summed E-state index contributed by atoms with van der Waals surface area (Å²) in [5.41, 5.74) is 3.98. The van der Waals surface area contributed by atoms with Crippen molar-refractivity contribution in [1.82, 2.24) is 29.5 Å². The van der Waals surface area contributed by atoms with Crippen LogP contribution in [-0.4, -0.2) is 29.5 Å². The van der Waals surface area contributed by atoms with E-state index in [0.717, 1.165) is 28.7 Å². The number of imidazole rings is 1. The summed E-state index contributed by atoms with van der Waals surface area (Å²) in [5.74, 6) is 1.17. The van der Waals surface area contributed by atoms with Crippen molar-refractivity contribution in [3.8, 4) is 0 Å². The first-order chi connectivity index (χ1) is 13.3. The van der Waals surface area contributed by atoms with Gasteiger partial charge >= 0.3 is 0 Å². The summed E-state index contributed by atoms with van der Waals surface area (Å²) in [6.07, 6.45) is 7.76. The molecule has 0 aliphatic rings. The summed E-state index contributed by atoms with van der Waals surface area (Å²) in [6.45, 7) is 0. The molecule has 1 aromatic carbocycles. The van der Waals surface area contributed by atoms with Crippen molar-refractivity contribution in [2.45, 2.75) is 6.42 Å². The van der Waals surface area contributed by atoms with Gasteiger partial charge in [0.05, 0.1) is 17.4 Å². The summed E-state index contributed by atoms with van der Waals surface area (Å²) in [7, 11) is 0. The number of aromatic nitrogens is 6. The van der Waals surface area contributed by atoms with E-state index in [0.29, 0.717) is 11.8 Å². The van der Waals surface area contributed by atoms with Crippen molar-refractivity contribution < 1.29 is 0 Å². The van der Waals surface area contributed by atoms with Crippen LogP contribution in [0.4, 0.5) is 11.8 Å². The van der Waals surface area contributed by atoms with E-state index < -0.39 is 0 Å². The number of hydrogen-bond donors (Lipinski definition) is 1. The monoisotopic (exact) mass is 353 g/mol. The molecule has 0 fully saturated rings. The van der Waals surface area contributed by atoms with Gasteiger partial charge in [-0.05, 0) is 42.0 Å². The Morgan fingerprint density at radius 3 is 2.67 bits per heavy atom. The van der Waals surface area contributed by atoms with E-state index >= 15 is 0 Å². The minimum Gasteiger partial charge on any atom is -0.307 e. The molecule has 0 saturated heterocycles. The standard InChI is InChI=1S/C20H15N7/c1-3-15-11-14(4-5-17(15)21-8-1)12-16-13-24-19-7-6-18(26-27(16)19)25-20-22-9-2-10-23-20/h1-11,13H,12H2,(H,22,23,25,26). The predicted octanol–water partition coefficient (Wildman–Crippen LogP) is 3.40. The maximum absolute atomic E-state index is 4.64. The third kappa shape index (κ3) is 3.06. The van der Waals surface area contributed by atoms with Gasteiger partial charge in [-0.3, -0.25) is 4.98 Å². The maximum atomic E-state index is 4.64. The SMILES string of the molecule is c1cnc(Nc2ccc3ncc(Cc4ccc5ncccc5c4)n3n2)nc1. The molecule has 1 N–H and O–H groups in total. The molecule has 0 saturated carbocycles. The first-order valence-corrected chi connectivity index (χ1v) is 8.56. The summed E-state index contributed by atoms with van der Waals surface area (Å²) in [4.78, 5) is 17.2. The minimum absolute atomic E-state index is 0.507. The zero-order valence-electron chi connectivity index (χ0n) is 14.3. The molecule has 5 rings (SSSR count). The molecular weight excluding hydrogens is 338 g/mol. The van der Waals surface area contributed by atoms with Gasteiger partial charge in [0, 0.05) is 30.4 Å². The van der Waals surface area contributed by atoms with Crippen LogP contribution in [0.1, 0.15) is 11.3 Å². The Kier molecular flexibility index (Phi) is 3.68. The van der Waals surface area contributed by atoms with Gasteiger partial charge in [0.1, 0.15) is 0 Å². The lowest BCUT2D eigenvalue weighted by molar-refractivity contribution is 0.874. The Morgan fingerprint density at radius 2 is 1.74 bits per heavy atom. The fraction of sp³-hybridized carbons (Fsp3) is 0.0500. The first kappa shape index (κ1) is 15.4. The van der Waals surface area contributed by atoms with E-state index in [4.69, 9.17) is 0 Å². The van der Waals surface area contributed by atoms with Crippen molar-refractivity contribution in [1.29, 1.82) is 0 Å². The van der Waals surface area contributed by atoms with Gasteiger partial charge < -0.3 is 5.32 Å². The van der Waals surface area contributed by atoms with Gasteiger partial charge in [0.2, 0.25) is 5.95 Å². The minimum atomic E-state index is 0.507. The van der Waals surface area contributed by atoms with Gasteiger partial charge in [0.15, 0.2) is 11.5 Å². The third-order valence-electron chi connectivity index (χ3n) is 4.29. The molecule has 0 aliphatic carbocycles. The van der Waals surface area contributed by atoms with Crippen LogP contribution in [0.15, 0.2) is 73.3 Å². The van der Waals surface area contributed by atoms with Crippen LogP contribution in [0.2, 0.25) is 0 Å². The predicted molar refractivity (Wildman–Crippen MR) is 103 cm³/mol. The molecule has 5 aromatic rings. The summed E-state index contributed by atoms with van der Waals surface area (Å²) in [6, 6.07) is 15.9. The van der Waals surface area contributed by atoms with Crippen molar-refractivity contribution in [3.63, 3.8) is 0 Å². The summed E-state index contributed by atoms with van der Waals surface area (Å²) in [5, 5.41) is 8.88. The van der Waals surface area contributed by atoms with Crippen molar-refractivity contribution >= 4 is 28.3 Å². The largest absolute Gasteiger partial charge is 0.307 e. The van der Waals surface area contributed by atoms with Gasteiger partial charge in [-0.15, -0.1) is 5.10 Å². The third-order valence-corrected chi connectivity index (χ3v) is 4.29. The van der Waals surface area contributed by atoms with E-state index in [2.05, 4.69) is 48.6 Å². The topological polar surface area (TPSA) is 80.9 Å². The smallest absolute Gasteiger partial charge is 0.228 e. The highest BCUT2D eigenvalue weighted by Gasteiger charge is 2.08. The molecule has 0 radical (unpaired) electrons. The Hall–Kier alpha value is -3.87. The molecule has 0 unspecified atom stereocenters. The molecule has 7 nitrogen and oxygen atoms in total. The molecule has 0 aliphatic heterocycles. The highest BCUT2D eigenvalue weighted by molar-refractivity contribution is 5.79. The molecule has 0 spiro atoms. The van der Waals surface area contributed by atoms with Crippen molar-refractivity contribution in [2.24, 2.45) is 0 Å². The highest BCUT2D eigenvalue weighted by atomic mass is 15.3. The quantitative estimate of drug-likeness (QED) is 0.533. The Morgan fingerprint density at radius 1 is 0.852 bits per heavy atom. The summed E-state index contributed by atoms with van der Waals surface area (Å²) < 4.78 is 1.85. The molecule has 4 aromatic heterocycles. The molecular formula is C20H15N7.